The molecular weight excluding hydrogens is 246 g/mol. The lowest BCUT2D eigenvalue weighted by molar-refractivity contribution is -0.0364. The first-order valence-corrected chi connectivity index (χ1v) is 8.25. The Bertz CT molecular complexity index is 393. The summed E-state index contributed by atoms with van der Waals surface area (Å²) in [6.07, 6.45) is 8.45. The fraction of sp³-hybridized carbons (Fsp3) is 0.667. The van der Waals surface area contributed by atoms with Gasteiger partial charge in [-0.1, -0.05) is 37.3 Å². The highest BCUT2D eigenvalue weighted by molar-refractivity contribution is 5.18. The molecule has 0 bridgehead atoms. The van der Waals surface area contributed by atoms with E-state index in [1.54, 1.807) is 0 Å². The zero-order valence-corrected chi connectivity index (χ0v) is 12.6. The molecule has 1 atom stereocenters. The molecule has 2 aliphatic rings. The zero-order chi connectivity index (χ0) is 13.8. The maximum Gasteiger partial charge on any atom is 0.0953 e. The molecule has 1 aromatic rings. The van der Waals surface area contributed by atoms with Gasteiger partial charge in [0.1, 0.15) is 0 Å². The van der Waals surface area contributed by atoms with Crippen LogP contribution in [0.2, 0.25) is 0 Å². The van der Waals surface area contributed by atoms with Gasteiger partial charge in [0.25, 0.3) is 0 Å². The minimum absolute atomic E-state index is 0.218. The van der Waals surface area contributed by atoms with Crippen molar-refractivity contribution in [1.82, 2.24) is 5.32 Å². The fourth-order valence-corrected chi connectivity index (χ4v) is 3.07. The lowest BCUT2D eigenvalue weighted by Gasteiger charge is -2.30. The van der Waals surface area contributed by atoms with Gasteiger partial charge in [-0.15, -0.1) is 0 Å². The van der Waals surface area contributed by atoms with Gasteiger partial charge in [0.2, 0.25) is 0 Å². The molecule has 2 nitrogen and oxygen atoms in total. The second-order valence-electron chi connectivity index (χ2n) is 6.60. The largest absolute Gasteiger partial charge is 0.369 e. The van der Waals surface area contributed by atoms with Crippen LogP contribution >= 0.6 is 0 Å². The van der Waals surface area contributed by atoms with Crippen molar-refractivity contribution in [3.8, 4) is 0 Å². The Morgan fingerprint density at radius 3 is 2.40 bits per heavy atom. The average molecular weight is 273 g/mol. The smallest absolute Gasteiger partial charge is 0.0953 e. The maximum atomic E-state index is 6.44. The van der Waals surface area contributed by atoms with E-state index in [1.807, 2.05) is 0 Å². The van der Waals surface area contributed by atoms with Gasteiger partial charge in [0.15, 0.2) is 0 Å². The van der Waals surface area contributed by atoms with Gasteiger partial charge in [-0.25, -0.2) is 0 Å². The van der Waals surface area contributed by atoms with E-state index < -0.39 is 0 Å². The summed E-state index contributed by atoms with van der Waals surface area (Å²) in [7, 11) is 0. The fourth-order valence-electron chi connectivity index (χ4n) is 3.07. The van der Waals surface area contributed by atoms with Gasteiger partial charge in [-0.05, 0) is 50.0 Å². The summed E-state index contributed by atoms with van der Waals surface area (Å²) in [6, 6.07) is 11.5. The van der Waals surface area contributed by atoms with Crippen molar-refractivity contribution < 1.29 is 4.74 Å². The summed E-state index contributed by atoms with van der Waals surface area (Å²) >= 11 is 0. The van der Waals surface area contributed by atoms with Crippen molar-refractivity contribution in [3.05, 3.63) is 35.9 Å². The van der Waals surface area contributed by atoms with Crippen molar-refractivity contribution in [2.75, 3.05) is 6.54 Å². The normalized spacial score (nSPS) is 28.2. The Morgan fingerprint density at radius 2 is 1.75 bits per heavy atom. The van der Waals surface area contributed by atoms with E-state index in [0.717, 1.165) is 18.5 Å². The highest BCUT2D eigenvalue weighted by Crippen LogP contribution is 2.30. The van der Waals surface area contributed by atoms with Crippen molar-refractivity contribution in [2.45, 2.75) is 63.7 Å². The van der Waals surface area contributed by atoms with Crippen LogP contribution in [0, 0.1) is 5.92 Å². The highest BCUT2D eigenvalue weighted by atomic mass is 16.5. The van der Waals surface area contributed by atoms with E-state index in [9.17, 15) is 0 Å². The molecule has 0 aromatic heterocycles. The molecule has 0 radical (unpaired) electrons. The molecule has 0 amide bonds. The third-order valence-corrected chi connectivity index (χ3v) is 4.66. The molecule has 3 rings (SSSR count). The third kappa shape index (κ3) is 4.07. The molecule has 2 fully saturated rings. The van der Waals surface area contributed by atoms with Crippen LogP contribution in [0.25, 0.3) is 0 Å². The van der Waals surface area contributed by atoms with Crippen LogP contribution in [-0.4, -0.2) is 18.7 Å². The van der Waals surface area contributed by atoms with Crippen molar-refractivity contribution in [3.63, 3.8) is 0 Å². The summed E-state index contributed by atoms with van der Waals surface area (Å²) in [5, 5.41) is 3.63. The SMILES string of the molecule is CC1CCC(OC(CNC2CC2)c2ccccc2)CC1. The van der Waals surface area contributed by atoms with Gasteiger partial charge in [-0.3, -0.25) is 0 Å². The van der Waals surface area contributed by atoms with E-state index >= 15 is 0 Å². The minimum Gasteiger partial charge on any atom is -0.369 e. The van der Waals surface area contributed by atoms with E-state index in [2.05, 4.69) is 42.6 Å². The first-order valence-electron chi connectivity index (χ1n) is 8.25. The summed E-state index contributed by atoms with van der Waals surface area (Å²) < 4.78 is 6.44. The Hall–Kier alpha value is -0.860. The molecule has 2 heteroatoms. The first-order chi connectivity index (χ1) is 9.81. The molecular formula is C18H27NO. The van der Waals surface area contributed by atoms with Crippen LogP contribution in [0.5, 0.6) is 0 Å². The summed E-state index contributed by atoms with van der Waals surface area (Å²) in [6.45, 7) is 3.32. The summed E-state index contributed by atoms with van der Waals surface area (Å²) in [5.74, 6) is 0.884. The van der Waals surface area contributed by atoms with Crippen molar-refractivity contribution >= 4 is 0 Å². The lowest BCUT2D eigenvalue weighted by Crippen LogP contribution is -2.30. The van der Waals surface area contributed by atoms with Gasteiger partial charge in [0.05, 0.1) is 12.2 Å². The highest BCUT2D eigenvalue weighted by Gasteiger charge is 2.26. The number of benzene rings is 1. The number of rotatable bonds is 6. The lowest BCUT2D eigenvalue weighted by atomic mass is 9.89. The predicted molar refractivity (Wildman–Crippen MR) is 82.7 cm³/mol. The molecule has 0 aliphatic heterocycles. The number of ether oxygens (including phenoxy) is 1. The monoisotopic (exact) mass is 273 g/mol. The van der Waals surface area contributed by atoms with Crippen LogP contribution in [0.3, 0.4) is 0 Å². The molecule has 1 aromatic carbocycles. The van der Waals surface area contributed by atoms with E-state index in [1.165, 1.54) is 44.1 Å². The minimum atomic E-state index is 0.218. The van der Waals surface area contributed by atoms with Gasteiger partial charge in [0, 0.05) is 12.6 Å². The molecule has 0 spiro atoms. The second kappa shape index (κ2) is 6.73. The molecule has 20 heavy (non-hydrogen) atoms. The molecule has 0 heterocycles. The number of nitrogens with one attached hydrogen (secondary N) is 1. The topological polar surface area (TPSA) is 21.3 Å². The molecule has 1 unspecified atom stereocenters. The quantitative estimate of drug-likeness (QED) is 0.843. The van der Waals surface area contributed by atoms with Crippen LogP contribution in [0.15, 0.2) is 30.3 Å². The first kappa shape index (κ1) is 14.1. The summed E-state index contributed by atoms with van der Waals surface area (Å²) in [4.78, 5) is 0. The number of hydrogen-bond donors (Lipinski definition) is 1. The van der Waals surface area contributed by atoms with Crippen LogP contribution in [0.4, 0.5) is 0 Å². The average Bonchev–Trinajstić information content (AvgIpc) is 3.31. The van der Waals surface area contributed by atoms with E-state index in [4.69, 9.17) is 4.74 Å². The van der Waals surface area contributed by atoms with Crippen LogP contribution in [-0.2, 0) is 4.74 Å². The zero-order valence-electron chi connectivity index (χ0n) is 12.6. The van der Waals surface area contributed by atoms with Gasteiger partial charge < -0.3 is 10.1 Å². The Kier molecular flexibility index (Phi) is 4.74. The van der Waals surface area contributed by atoms with Gasteiger partial charge >= 0.3 is 0 Å². The standard InChI is InChI=1S/C18H27NO/c1-14-7-11-17(12-8-14)20-18(13-19-16-9-10-16)15-5-3-2-4-6-15/h2-6,14,16-19H,7-13H2,1H3. The van der Waals surface area contributed by atoms with Gasteiger partial charge in [-0.2, -0.15) is 0 Å². The van der Waals surface area contributed by atoms with Crippen LogP contribution in [0.1, 0.15) is 57.1 Å². The molecule has 0 saturated heterocycles. The molecule has 110 valence electrons. The second-order valence-corrected chi connectivity index (χ2v) is 6.60. The number of hydrogen-bond acceptors (Lipinski definition) is 2. The Morgan fingerprint density at radius 1 is 1.05 bits per heavy atom. The maximum absolute atomic E-state index is 6.44. The molecule has 1 N–H and O–H groups in total. The van der Waals surface area contributed by atoms with E-state index in [0.29, 0.717) is 6.10 Å². The summed E-state index contributed by atoms with van der Waals surface area (Å²) in [5.41, 5.74) is 1.32. The molecule has 2 saturated carbocycles. The Balaban J connectivity index is 1.59. The van der Waals surface area contributed by atoms with Crippen molar-refractivity contribution in [1.29, 1.82) is 0 Å². The predicted octanol–water partition coefficient (Wildman–Crippen LogP) is 4.08. The molecule has 2 aliphatic carbocycles. The van der Waals surface area contributed by atoms with E-state index in [-0.39, 0.29) is 6.10 Å². The third-order valence-electron chi connectivity index (χ3n) is 4.66. The van der Waals surface area contributed by atoms with Crippen LogP contribution < -0.4 is 5.32 Å². The Labute approximate surface area is 122 Å². The van der Waals surface area contributed by atoms with Crippen molar-refractivity contribution in [2.24, 2.45) is 5.92 Å².